The van der Waals surface area contributed by atoms with E-state index in [0.717, 1.165) is 8.95 Å². The number of benzene rings is 2. The van der Waals surface area contributed by atoms with E-state index in [1.54, 1.807) is 36.4 Å². The lowest BCUT2D eigenvalue weighted by atomic mass is 10.3. The molecule has 0 bridgehead atoms. The van der Waals surface area contributed by atoms with Gasteiger partial charge in [0.05, 0.1) is 9.50 Å². The number of nitrogens with one attached hydrogen (secondary N) is 3. The summed E-state index contributed by atoms with van der Waals surface area (Å²) in [5, 5.41) is 2.62. The van der Waals surface area contributed by atoms with Gasteiger partial charge in [0.25, 0.3) is 11.8 Å². The van der Waals surface area contributed by atoms with Crippen LogP contribution in [-0.2, 0) is 9.59 Å². The maximum Gasteiger partial charge on any atom is 0.276 e. The maximum atomic E-state index is 11.9. The van der Waals surface area contributed by atoms with Crippen molar-refractivity contribution in [2.24, 2.45) is 0 Å². The van der Waals surface area contributed by atoms with Crippen LogP contribution in [0.3, 0.4) is 0 Å². The number of hydrazine groups is 1. The molecule has 0 aliphatic rings. The van der Waals surface area contributed by atoms with Crippen molar-refractivity contribution in [1.29, 1.82) is 0 Å². The molecule has 0 unspecified atom stereocenters. The zero-order valence-corrected chi connectivity index (χ0v) is 20.8. The number of thiocarbonyl (C=S) groups is 1. The smallest absolute Gasteiger partial charge is 0.276 e. The Bertz CT molecular complexity index is 933. The molecular formula is C17H13Br3ClN3O4S. The van der Waals surface area contributed by atoms with Crippen molar-refractivity contribution in [3.63, 3.8) is 0 Å². The molecule has 29 heavy (non-hydrogen) atoms. The Morgan fingerprint density at radius 3 is 2.14 bits per heavy atom. The lowest BCUT2D eigenvalue weighted by Crippen LogP contribution is -2.50. The van der Waals surface area contributed by atoms with Gasteiger partial charge in [0.1, 0.15) is 11.5 Å². The lowest BCUT2D eigenvalue weighted by molar-refractivity contribution is -0.124. The third-order valence-corrected chi connectivity index (χ3v) is 5.18. The minimum Gasteiger partial charge on any atom is -0.483 e. The normalized spacial score (nSPS) is 10.1. The Balaban J connectivity index is 1.68. The summed E-state index contributed by atoms with van der Waals surface area (Å²) in [4.78, 5) is 23.7. The van der Waals surface area contributed by atoms with Gasteiger partial charge < -0.3 is 9.47 Å². The molecule has 2 aromatic carbocycles. The van der Waals surface area contributed by atoms with Gasteiger partial charge in [0.2, 0.25) is 0 Å². The van der Waals surface area contributed by atoms with Crippen LogP contribution < -0.4 is 25.6 Å². The number of carbonyl (C=O) groups excluding carboxylic acids is 2. The highest BCUT2D eigenvalue weighted by Gasteiger charge is 2.10. The zero-order chi connectivity index (χ0) is 21.4. The summed E-state index contributed by atoms with van der Waals surface area (Å²) in [6, 6.07) is 10.3. The predicted octanol–water partition coefficient (Wildman–Crippen LogP) is 4.11. The van der Waals surface area contributed by atoms with E-state index in [0.29, 0.717) is 21.0 Å². The van der Waals surface area contributed by atoms with Crippen LogP contribution in [0.2, 0.25) is 5.02 Å². The minimum absolute atomic E-state index is 0.0984. The van der Waals surface area contributed by atoms with Crippen LogP contribution in [0, 0.1) is 0 Å². The van der Waals surface area contributed by atoms with Crippen molar-refractivity contribution in [2.75, 3.05) is 13.2 Å². The molecule has 3 N–H and O–H groups in total. The number of halogens is 4. The number of amides is 2. The van der Waals surface area contributed by atoms with Gasteiger partial charge in [-0.05, 0) is 64.5 Å². The van der Waals surface area contributed by atoms with Crippen LogP contribution in [0.15, 0.2) is 49.8 Å². The highest BCUT2D eigenvalue weighted by atomic mass is 79.9. The molecule has 0 saturated carbocycles. The third-order valence-electron chi connectivity index (χ3n) is 3.07. The number of ether oxygens (including phenoxy) is 2. The van der Waals surface area contributed by atoms with Gasteiger partial charge in [-0.3, -0.25) is 25.8 Å². The van der Waals surface area contributed by atoms with E-state index >= 15 is 0 Å². The topological polar surface area (TPSA) is 88.7 Å². The van der Waals surface area contributed by atoms with Gasteiger partial charge in [-0.25, -0.2) is 0 Å². The summed E-state index contributed by atoms with van der Waals surface area (Å²) in [5.74, 6) is -0.156. The number of hydrogen-bond acceptors (Lipinski definition) is 5. The molecule has 7 nitrogen and oxygen atoms in total. The first-order valence-corrected chi connectivity index (χ1v) is 11.0. The van der Waals surface area contributed by atoms with E-state index in [1.807, 2.05) is 0 Å². The molecular weight excluding hydrogens is 617 g/mol. The molecule has 0 aliphatic carbocycles. The van der Waals surface area contributed by atoms with Gasteiger partial charge in [0, 0.05) is 8.95 Å². The zero-order valence-electron chi connectivity index (χ0n) is 14.4. The average molecular weight is 631 g/mol. The molecule has 0 aliphatic heterocycles. The van der Waals surface area contributed by atoms with Crippen molar-refractivity contribution in [1.82, 2.24) is 16.2 Å². The van der Waals surface area contributed by atoms with E-state index in [4.69, 9.17) is 33.3 Å². The van der Waals surface area contributed by atoms with Crippen molar-refractivity contribution in [3.8, 4) is 11.5 Å². The van der Waals surface area contributed by atoms with Gasteiger partial charge >= 0.3 is 0 Å². The Morgan fingerprint density at radius 1 is 0.897 bits per heavy atom. The fourth-order valence-corrected chi connectivity index (χ4v) is 3.88. The highest BCUT2D eigenvalue weighted by molar-refractivity contribution is 9.11. The van der Waals surface area contributed by atoms with Gasteiger partial charge in [-0.15, -0.1) is 0 Å². The fraction of sp³-hybridized carbons (Fsp3) is 0.118. The first kappa shape index (κ1) is 23.9. The first-order chi connectivity index (χ1) is 13.7. The summed E-state index contributed by atoms with van der Waals surface area (Å²) in [7, 11) is 0. The molecule has 0 fully saturated rings. The molecule has 0 aromatic heterocycles. The summed E-state index contributed by atoms with van der Waals surface area (Å²) in [5.41, 5.74) is 4.72. The molecule has 12 heteroatoms. The van der Waals surface area contributed by atoms with E-state index < -0.39 is 11.8 Å². The Kier molecular flexibility index (Phi) is 9.63. The predicted molar refractivity (Wildman–Crippen MR) is 124 cm³/mol. The standard InChI is InChI=1S/C17H13Br3ClN3O4S/c18-9-1-3-13(11(20)5-9)27-8-16(26)23-24-17(29)22-15(25)7-28-14-4-2-10(19)6-12(14)21/h1-6H,7-8H2,(H,23,26)(H2,22,24,25,29). The molecule has 0 atom stereocenters. The Hall–Kier alpha value is -1.40. The highest BCUT2D eigenvalue weighted by Crippen LogP contribution is 2.28. The Morgan fingerprint density at radius 2 is 1.48 bits per heavy atom. The second kappa shape index (κ2) is 11.7. The molecule has 2 rings (SSSR count). The largest absolute Gasteiger partial charge is 0.483 e. The van der Waals surface area contributed by atoms with Crippen molar-refractivity contribution in [2.45, 2.75) is 0 Å². The summed E-state index contributed by atoms with van der Waals surface area (Å²) < 4.78 is 13.1. The van der Waals surface area contributed by atoms with Crippen LogP contribution >= 0.6 is 71.6 Å². The van der Waals surface area contributed by atoms with Gasteiger partial charge in [-0.2, -0.15) is 0 Å². The molecule has 0 spiro atoms. The molecule has 154 valence electrons. The minimum atomic E-state index is -0.522. The monoisotopic (exact) mass is 627 g/mol. The lowest BCUT2D eigenvalue weighted by Gasteiger charge is -2.12. The van der Waals surface area contributed by atoms with E-state index in [2.05, 4.69) is 64.0 Å². The summed E-state index contributed by atoms with van der Waals surface area (Å²) in [6.07, 6.45) is 0. The summed E-state index contributed by atoms with van der Waals surface area (Å²) >= 11 is 20.9. The molecule has 2 aromatic rings. The fourth-order valence-electron chi connectivity index (χ4n) is 1.83. The second-order valence-electron chi connectivity index (χ2n) is 5.28. The van der Waals surface area contributed by atoms with Crippen molar-refractivity contribution in [3.05, 3.63) is 54.8 Å². The average Bonchev–Trinajstić information content (AvgIpc) is 2.65. The van der Waals surface area contributed by atoms with E-state index in [-0.39, 0.29) is 18.3 Å². The molecule has 0 heterocycles. The third kappa shape index (κ3) is 8.47. The molecule has 0 radical (unpaired) electrons. The summed E-state index contributed by atoms with van der Waals surface area (Å²) in [6.45, 7) is -0.563. The van der Waals surface area contributed by atoms with Crippen molar-refractivity contribution >= 4 is 88.5 Å². The van der Waals surface area contributed by atoms with Gasteiger partial charge in [-0.1, -0.05) is 43.5 Å². The van der Waals surface area contributed by atoms with Gasteiger partial charge in [0.15, 0.2) is 18.3 Å². The van der Waals surface area contributed by atoms with Crippen LogP contribution in [0.1, 0.15) is 0 Å². The van der Waals surface area contributed by atoms with Crippen LogP contribution in [0.25, 0.3) is 0 Å². The Labute approximate surface area is 202 Å². The number of carbonyl (C=O) groups is 2. The molecule has 2 amide bonds. The SMILES string of the molecule is O=C(COc1ccc(Br)cc1Br)NNC(=S)NC(=O)COc1ccc(Br)cc1Cl. The first-order valence-electron chi connectivity index (χ1n) is 7.79. The van der Waals surface area contributed by atoms with E-state index in [1.165, 1.54) is 0 Å². The van der Waals surface area contributed by atoms with Crippen LogP contribution in [0.5, 0.6) is 11.5 Å². The van der Waals surface area contributed by atoms with Crippen molar-refractivity contribution < 1.29 is 19.1 Å². The quantitative estimate of drug-likeness (QED) is 0.329. The molecule has 0 saturated heterocycles. The second-order valence-corrected chi connectivity index (χ2v) is 8.78. The van der Waals surface area contributed by atoms with E-state index in [9.17, 15) is 9.59 Å². The van der Waals surface area contributed by atoms with Crippen LogP contribution in [0.4, 0.5) is 0 Å². The maximum absolute atomic E-state index is 11.9. The number of rotatable bonds is 6. The van der Waals surface area contributed by atoms with Crippen LogP contribution in [-0.4, -0.2) is 30.1 Å². The number of hydrogen-bond donors (Lipinski definition) is 3.